The summed E-state index contributed by atoms with van der Waals surface area (Å²) in [4.78, 5) is 28.9. The van der Waals surface area contributed by atoms with Crippen LogP contribution in [-0.2, 0) is 16.0 Å². The van der Waals surface area contributed by atoms with Crippen molar-refractivity contribution >= 4 is 11.9 Å². The van der Waals surface area contributed by atoms with Gasteiger partial charge in [0.25, 0.3) is 0 Å². The Hall–Kier alpha value is -1.88. The molecule has 0 saturated carbocycles. The van der Waals surface area contributed by atoms with E-state index in [-0.39, 0.29) is 11.8 Å². The maximum absolute atomic E-state index is 12.7. The average molecular weight is 344 g/mol. The van der Waals surface area contributed by atoms with Crippen molar-refractivity contribution in [2.24, 2.45) is 11.3 Å². The van der Waals surface area contributed by atoms with Gasteiger partial charge in [-0.15, -0.1) is 0 Å². The van der Waals surface area contributed by atoms with Crippen LogP contribution in [0.15, 0.2) is 30.3 Å². The summed E-state index contributed by atoms with van der Waals surface area (Å²) in [6.45, 7) is 5.61. The summed E-state index contributed by atoms with van der Waals surface area (Å²) in [6.07, 6.45) is 2.68. The maximum Gasteiger partial charge on any atom is 0.311 e. The number of carboxylic acid groups (broad SMARTS) is 1. The first-order valence-corrected chi connectivity index (χ1v) is 9.32. The molecule has 1 amide bonds. The van der Waals surface area contributed by atoms with Gasteiger partial charge in [0.1, 0.15) is 0 Å². The van der Waals surface area contributed by atoms with Gasteiger partial charge < -0.3 is 14.9 Å². The lowest BCUT2D eigenvalue weighted by atomic mass is 9.75. The Morgan fingerprint density at radius 3 is 2.68 bits per heavy atom. The Balaban J connectivity index is 1.66. The van der Waals surface area contributed by atoms with Crippen LogP contribution in [0, 0.1) is 11.3 Å². The zero-order chi connectivity index (χ0) is 17.9. The molecular weight excluding hydrogens is 316 g/mol. The summed E-state index contributed by atoms with van der Waals surface area (Å²) in [5, 5.41) is 9.88. The normalized spacial score (nSPS) is 26.9. The molecular formula is C20H28N2O3. The van der Waals surface area contributed by atoms with E-state index in [4.69, 9.17) is 0 Å². The van der Waals surface area contributed by atoms with Crippen molar-refractivity contribution < 1.29 is 14.7 Å². The van der Waals surface area contributed by atoms with Crippen LogP contribution in [0.1, 0.15) is 31.7 Å². The summed E-state index contributed by atoms with van der Waals surface area (Å²) in [5.74, 6) is -0.500. The fraction of sp³-hybridized carbons (Fsp3) is 0.600. The fourth-order valence-corrected chi connectivity index (χ4v) is 4.41. The van der Waals surface area contributed by atoms with Crippen molar-refractivity contribution in [3.05, 3.63) is 35.9 Å². The van der Waals surface area contributed by atoms with Crippen molar-refractivity contribution in [3.63, 3.8) is 0 Å². The molecule has 25 heavy (non-hydrogen) atoms. The van der Waals surface area contributed by atoms with Crippen molar-refractivity contribution in [3.8, 4) is 0 Å². The number of aryl methyl sites for hydroxylation is 1. The van der Waals surface area contributed by atoms with Gasteiger partial charge in [-0.3, -0.25) is 9.59 Å². The third-order valence-electron chi connectivity index (χ3n) is 5.95. The van der Waals surface area contributed by atoms with Crippen LogP contribution in [0.25, 0.3) is 0 Å². The predicted molar refractivity (Wildman–Crippen MR) is 96.2 cm³/mol. The number of carbonyl (C=O) groups is 2. The quantitative estimate of drug-likeness (QED) is 0.890. The molecule has 0 radical (unpaired) electrons. The Morgan fingerprint density at radius 1 is 1.24 bits per heavy atom. The molecule has 5 nitrogen and oxygen atoms in total. The number of benzene rings is 1. The predicted octanol–water partition coefficient (Wildman–Crippen LogP) is 2.26. The molecule has 2 aliphatic rings. The van der Waals surface area contributed by atoms with Crippen molar-refractivity contribution in [2.75, 3.05) is 32.7 Å². The lowest BCUT2D eigenvalue weighted by Gasteiger charge is -2.29. The molecule has 0 aliphatic carbocycles. The minimum atomic E-state index is -0.688. The highest BCUT2D eigenvalue weighted by molar-refractivity contribution is 5.78. The molecule has 1 aromatic rings. The van der Waals surface area contributed by atoms with Gasteiger partial charge in [-0.05, 0) is 31.4 Å². The van der Waals surface area contributed by atoms with Crippen LogP contribution in [0.5, 0.6) is 0 Å². The molecule has 2 fully saturated rings. The number of hydrogen-bond acceptors (Lipinski definition) is 3. The van der Waals surface area contributed by atoms with Gasteiger partial charge in [-0.1, -0.05) is 37.3 Å². The lowest BCUT2D eigenvalue weighted by Crippen LogP contribution is -2.42. The van der Waals surface area contributed by atoms with Gasteiger partial charge in [0.15, 0.2) is 0 Å². The highest BCUT2D eigenvalue weighted by atomic mass is 16.4. The fourth-order valence-electron chi connectivity index (χ4n) is 4.41. The van der Waals surface area contributed by atoms with Crippen LogP contribution < -0.4 is 0 Å². The zero-order valence-corrected chi connectivity index (χ0v) is 15.0. The van der Waals surface area contributed by atoms with E-state index in [1.165, 1.54) is 5.56 Å². The largest absolute Gasteiger partial charge is 0.481 e. The standard InChI is InChI=1S/C20H28N2O3/c1-2-21-13-17-14-22(12-6-11-20(17,15-21)19(24)25)18(23)10-9-16-7-4-3-5-8-16/h3-5,7-8,17H,2,6,9-15H2,1H3,(H,24,25)/t17-,20+/m0/s1. The monoisotopic (exact) mass is 344 g/mol. The highest BCUT2D eigenvalue weighted by Gasteiger charge is 2.53. The average Bonchev–Trinajstić information content (AvgIpc) is 2.88. The van der Waals surface area contributed by atoms with Crippen LogP contribution in [0.3, 0.4) is 0 Å². The summed E-state index contributed by atoms with van der Waals surface area (Å²) >= 11 is 0. The Kier molecular flexibility index (Phi) is 5.42. The van der Waals surface area contributed by atoms with Crippen LogP contribution >= 0.6 is 0 Å². The molecule has 2 saturated heterocycles. The highest BCUT2D eigenvalue weighted by Crippen LogP contribution is 2.42. The SMILES string of the molecule is CCN1C[C@H]2CN(C(=O)CCc3ccccc3)CCC[C@@]2(C(=O)O)C1. The molecule has 2 aliphatic heterocycles. The van der Waals surface area contributed by atoms with E-state index < -0.39 is 11.4 Å². The molecule has 0 bridgehead atoms. The summed E-state index contributed by atoms with van der Waals surface area (Å²) in [6, 6.07) is 10.0. The van der Waals surface area contributed by atoms with Crippen LogP contribution in [0.2, 0.25) is 0 Å². The second-order valence-electron chi connectivity index (χ2n) is 7.41. The van der Waals surface area contributed by atoms with Gasteiger partial charge in [0.2, 0.25) is 5.91 Å². The Bertz CT molecular complexity index is 619. The third kappa shape index (κ3) is 3.71. The number of likely N-dealkylation sites (tertiary alicyclic amines) is 2. The number of carbonyl (C=O) groups excluding carboxylic acids is 1. The van der Waals surface area contributed by atoms with Gasteiger partial charge in [-0.25, -0.2) is 0 Å². The first-order chi connectivity index (χ1) is 12.0. The molecule has 1 N–H and O–H groups in total. The number of fused-ring (bicyclic) bond motifs is 1. The Labute approximate surface area is 149 Å². The van der Waals surface area contributed by atoms with Crippen LogP contribution in [-0.4, -0.2) is 59.5 Å². The van der Waals surface area contributed by atoms with Crippen LogP contribution in [0.4, 0.5) is 0 Å². The number of rotatable bonds is 5. The molecule has 2 heterocycles. The van der Waals surface area contributed by atoms with E-state index in [9.17, 15) is 14.7 Å². The summed E-state index contributed by atoms with van der Waals surface area (Å²) in [7, 11) is 0. The van der Waals surface area contributed by atoms with E-state index in [2.05, 4.69) is 11.8 Å². The van der Waals surface area contributed by atoms with Crippen molar-refractivity contribution in [1.82, 2.24) is 9.80 Å². The summed E-state index contributed by atoms with van der Waals surface area (Å²) in [5.41, 5.74) is 0.494. The first-order valence-electron chi connectivity index (χ1n) is 9.32. The summed E-state index contributed by atoms with van der Waals surface area (Å²) < 4.78 is 0. The smallest absolute Gasteiger partial charge is 0.311 e. The third-order valence-corrected chi connectivity index (χ3v) is 5.95. The number of amides is 1. The van der Waals surface area contributed by atoms with E-state index in [1.54, 1.807) is 0 Å². The second-order valence-corrected chi connectivity index (χ2v) is 7.41. The molecule has 136 valence electrons. The molecule has 5 heteroatoms. The first kappa shape index (κ1) is 17.9. The van der Waals surface area contributed by atoms with E-state index in [0.29, 0.717) is 32.5 Å². The van der Waals surface area contributed by atoms with E-state index in [1.807, 2.05) is 35.2 Å². The molecule has 3 rings (SSSR count). The molecule has 0 unspecified atom stereocenters. The van der Waals surface area contributed by atoms with E-state index in [0.717, 1.165) is 25.9 Å². The molecule has 0 aromatic heterocycles. The number of aliphatic carboxylic acids is 1. The van der Waals surface area contributed by atoms with Gasteiger partial charge in [0, 0.05) is 38.5 Å². The van der Waals surface area contributed by atoms with Crippen molar-refractivity contribution in [1.29, 1.82) is 0 Å². The van der Waals surface area contributed by atoms with Gasteiger partial charge >= 0.3 is 5.97 Å². The molecule has 1 aromatic carbocycles. The minimum absolute atomic E-state index is 0.0353. The van der Waals surface area contributed by atoms with Gasteiger partial charge in [-0.2, -0.15) is 0 Å². The van der Waals surface area contributed by atoms with E-state index >= 15 is 0 Å². The topological polar surface area (TPSA) is 60.9 Å². The van der Waals surface area contributed by atoms with Crippen molar-refractivity contribution in [2.45, 2.75) is 32.6 Å². The number of hydrogen-bond donors (Lipinski definition) is 1. The van der Waals surface area contributed by atoms with Gasteiger partial charge in [0.05, 0.1) is 5.41 Å². The zero-order valence-electron chi connectivity index (χ0n) is 15.0. The Morgan fingerprint density at radius 2 is 2.00 bits per heavy atom. The molecule has 2 atom stereocenters. The maximum atomic E-state index is 12.7. The molecule has 0 spiro atoms. The minimum Gasteiger partial charge on any atom is -0.481 e. The number of nitrogens with zero attached hydrogens (tertiary/aromatic N) is 2. The second kappa shape index (κ2) is 7.56. The lowest BCUT2D eigenvalue weighted by molar-refractivity contribution is -0.151. The number of carboxylic acids is 1.